The van der Waals surface area contributed by atoms with Gasteiger partial charge in [0, 0.05) is 18.0 Å². The van der Waals surface area contributed by atoms with Crippen molar-refractivity contribution >= 4 is 45.1 Å². The van der Waals surface area contributed by atoms with Crippen LogP contribution in [0.25, 0.3) is 0 Å². The van der Waals surface area contributed by atoms with Crippen molar-refractivity contribution in [2.24, 2.45) is 11.0 Å². The van der Waals surface area contributed by atoms with Gasteiger partial charge in [-0.1, -0.05) is 11.6 Å². The molecule has 9 heteroatoms. The number of nitrogens with one attached hydrogen (secondary N) is 1. The number of nitrogens with zero attached hydrogens (tertiary/aromatic N) is 2. The Balaban J connectivity index is 1.91. The number of carbonyl (C=O) groups excluding carboxylic acids is 1. The van der Waals surface area contributed by atoms with Crippen LogP contribution in [0.15, 0.2) is 17.2 Å². The smallest absolute Gasteiger partial charge is 0.244 e. The summed E-state index contributed by atoms with van der Waals surface area (Å²) < 4.78 is 25.8. The summed E-state index contributed by atoms with van der Waals surface area (Å²) >= 11 is 7.16. The molecule has 1 atom stereocenters. The third-order valence-corrected chi connectivity index (χ3v) is 6.49. The van der Waals surface area contributed by atoms with Gasteiger partial charge in [0.25, 0.3) is 0 Å². The topological polar surface area (TPSA) is 78.8 Å². The van der Waals surface area contributed by atoms with Crippen molar-refractivity contribution in [1.29, 1.82) is 0 Å². The molecule has 6 nitrogen and oxygen atoms in total. The maximum Gasteiger partial charge on any atom is 0.244 e. The molecule has 1 saturated heterocycles. The summed E-state index contributed by atoms with van der Waals surface area (Å²) in [6.45, 7) is 2.31. The number of halogens is 1. The van der Waals surface area contributed by atoms with Crippen LogP contribution in [-0.4, -0.2) is 43.7 Å². The van der Waals surface area contributed by atoms with E-state index in [-0.39, 0.29) is 24.1 Å². The normalized spacial score (nSPS) is 20.4. The highest BCUT2D eigenvalue weighted by Crippen LogP contribution is 2.20. The van der Waals surface area contributed by atoms with Crippen LogP contribution in [0.4, 0.5) is 0 Å². The van der Waals surface area contributed by atoms with E-state index in [1.165, 1.54) is 21.9 Å². The van der Waals surface area contributed by atoms with Crippen LogP contribution in [0.2, 0.25) is 4.34 Å². The average Bonchev–Trinajstić information content (AvgIpc) is 2.92. The van der Waals surface area contributed by atoms with E-state index in [4.69, 9.17) is 11.6 Å². The first kappa shape index (κ1) is 17.4. The first-order chi connectivity index (χ1) is 10.4. The van der Waals surface area contributed by atoms with E-state index in [9.17, 15) is 13.2 Å². The third kappa shape index (κ3) is 4.52. The van der Waals surface area contributed by atoms with Gasteiger partial charge in [0.15, 0.2) is 0 Å². The summed E-state index contributed by atoms with van der Waals surface area (Å²) in [7, 11) is -3.25. The lowest BCUT2D eigenvalue weighted by molar-refractivity contribution is -0.126. The zero-order valence-electron chi connectivity index (χ0n) is 12.2. The Bertz CT molecular complexity index is 657. The Kier molecular flexibility index (Phi) is 5.96. The molecule has 0 aliphatic carbocycles. The van der Waals surface area contributed by atoms with Crippen molar-refractivity contribution < 1.29 is 13.2 Å². The van der Waals surface area contributed by atoms with E-state index in [0.29, 0.717) is 23.7 Å². The van der Waals surface area contributed by atoms with E-state index in [0.717, 1.165) is 4.88 Å². The van der Waals surface area contributed by atoms with Gasteiger partial charge in [-0.2, -0.15) is 5.10 Å². The number of hydrogen-bond acceptors (Lipinski definition) is 5. The largest absolute Gasteiger partial charge is 0.273 e. The Hall–Kier alpha value is -0.960. The van der Waals surface area contributed by atoms with Crippen LogP contribution in [0.1, 0.15) is 24.6 Å². The van der Waals surface area contributed by atoms with Crippen LogP contribution in [0, 0.1) is 5.92 Å². The lowest BCUT2D eigenvalue weighted by Gasteiger charge is -2.30. The lowest BCUT2D eigenvalue weighted by atomic mass is 9.99. The van der Waals surface area contributed by atoms with Crippen LogP contribution in [0.5, 0.6) is 0 Å². The Labute approximate surface area is 139 Å². The van der Waals surface area contributed by atoms with Crippen LogP contribution in [-0.2, 0) is 14.8 Å². The highest BCUT2D eigenvalue weighted by atomic mass is 35.5. The Morgan fingerprint density at radius 3 is 3.00 bits per heavy atom. The number of sulfonamides is 1. The summed E-state index contributed by atoms with van der Waals surface area (Å²) in [6.07, 6.45) is 2.88. The zero-order chi connectivity index (χ0) is 16.2. The summed E-state index contributed by atoms with van der Waals surface area (Å²) in [5.74, 6) is -0.562. The molecule has 122 valence electrons. The zero-order valence-corrected chi connectivity index (χ0v) is 14.5. The molecule has 0 aromatic carbocycles. The van der Waals surface area contributed by atoms with Crippen LogP contribution >= 0.6 is 22.9 Å². The molecule has 2 rings (SSSR count). The minimum absolute atomic E-state index is 0.0542. The molecule has 1 aliphatic heterocycles. The number of rotatable bonds is 5. The summed E-state index contributed by atoms with van der Waals surface area (Å²) in [6, 6.07) is 3.56. The summed E-state index contributed by atoms with van der Waals surface area (Å²) in [5, 5.41) is 3.90. The molecule has 0 unspecified atom stereocenters. The Morgan fingerprint density at radius 1 is 1.59 bits per heavy atom. The maximum atomic E-state index is 12.1. The number of piperidine rings is 1. The van der Waals surface area contributed by atoms with Gasteiger partial charge >= 0.3 is 0 Å². The number of hydrazone groups is 1. The summed E-state index contributed by atoms with van der Waals surface area (Å²) in [5.41, 5.74) is 2.47. The standard InChI is InChI=1S/C13H18ClN3O3S2/c1-2-22(19,20)17-7-3-4-10(9-17)13(18)16-15-8-11-5-6-12(14)21-11/h5-6,8,10H,2-4,7,9H2,1H3,(H,16,18)/b15-8-/t10-/m1/s1. The van der Waals surface area contributed by atoms with Crippen molar-refractivity contribution in [3.8, 4) is 0 Å². The van der Waals surface area contributed by atoms with E-state index < -0.39 is 10.0 Å². The van der Waals surface area contributed by atoms with E-state index in [1.807, 2.05) is 0 Å². The fourth-order valence-electron chi connectivity index (χ4n) is 2.24. The molecule has 0 bridgehead atoms. The molecule has 1 aliphatic rings. The molecule has 22 heavy (non-hydrogen) atoms. The molecule has 2 heterocycles. The van der Waals surface area contributed by atoms with Crippen molar-refractivity contribution in [2.45, 2.75) is 19.8 Å². The molecule has 1 N–H and O–H groups in total. The predicted molar refractivity (Wildman–Crippen MR) is 88.8 cm³/mol. The first-order valence-electron chi connectivity index (χ1n) is 6.98. The first-order valence-corrected chi connectivity index (χ1v) is 9.79. The van der Waals surface area contributed by atoms with Crippen LogP contribution < -0.4 is 5.43 Å². The molecule has 0 saturated carbocycles. The van der Waals surface area contributed by atoms with Gasteiger partial charge in [-0.15, -0.1) is 11.3 Å². The minimum Gasteiger partial charge on any atom is -0.273 e. The van der Waals surface area contributed by atoms with Gasteiger partial charge in [-0.05, 0) is 31.9 Å². The van der Waals surface area contributed by atoms with Gasteiger partial charge in [0.05, 0.1) is 22.2 Å². The molecule has 0 spiro atoms. The quantitative estimate of drug-likeness (QED) is 0.641. The molecule has 1 aromatic heterocycles. The average molecular weight is 364 g/mol. The molecule has 0 radical (unpaired) electrons. The number of thiophene rings is 1. The Morgan fingerprint density at radius 2 is 2.36 bits per heavy atom. The van der Waals surface area contributed by atoms with Crippen molar-refractivity contribution in [3.05, 3.63) is 21.3 Å². The number of amides is 1. The molecular weight excluding hydrogens is 346 g/mol. The van der Waals surface area contributed by atoms with Gasteiger partial charge in [0.1, 0.15) is 0 Å². The molecule has 1 amide bonds. The fraction of sp³-hybridized carbons (Fsp3) is 0.538. The van der Waals surface area contributed by atoms with Crippen molar-refractivity contribution in [1.82, 2.24) is 9.73 Å². The van der Waals surface area contributed by atoms with Gasteiger partial charge in [-0.3, -0.25) is 4.79 Å². The highest BCUT2D eigenvalue weighted by Gasteiger charge is 2.31. The van der Waals surface area contributed by atoms with Gasteiger partial charge in [-0.25, -0.2) is 18.1 Å². The SMILES string of the molecule is CCS(=O)(=O)N1CCC[C@@H](C(=O)N/N=C\c2ccc(Cl)s2)C1. The third-order valence-electron chi connectivity index (χ3n) is 3.47. The number of hydrogen-bond donors (Lipinski definition) is 1. The van der Waals surface area contributed by atoms with Gasteiger partial charge in [0.2, 0.25) is 15.9 Å². The summed E-state index contributed by atoms with van der Waals surface area (Å²) in [4.78, 5) is 12.9. The second-order valence-corrected chi connectivity index (χ2v) is 8.98. The van der Waals surface area contributed by atoms with Crippen LogP contribution in [0.3, 0.4) is 0 Å². The fourth-order valence-corrected chi connectivity index (χ4v) is 4.35. The highest BCUT2D eigenvalue weighted by molar-refractivity contribution is 7.89. The second kappa shape index (κ2) is 7.54. The maximum absolute atomic E-state index is 12.1. The predicted octanol–water partition coefficient (Wildman–Crippen LogP) is 1.91. The van der Waals surface area contributed by atoms with E-state index >= 15 is 0 Å². The second-order valence-electron chi connectivity index (χ2n) is 4.97. The lowest BCUT2D eigenvalue weighted by Crippen LogP contribution is -2.45. The molecule has 1 fully saturated rings. The van der Waals surface area contributed by atoms with Crippen molar-refractivity contribution in [3.63, 3.8) is 0 Å². The number of carbonyl (C=O) groups is 1. The monoisotopic (exact) mass is 363 g/mol. The van der Waals surface area contributed by atoms with E-state index in [1.54, 1.807) is 19.1 Å². The molecule has 1 aromatic rings. The molecular formula is C13H18ClN3O3S2. The minimum atomic E-state index is -3.25. The van der Waals surface area contributed by atoms with Gasteiger partial charge < -0.3 is 0 Å². The van der Waals surface area contributed by atoms with Crippen molar-refractivity contribution in [2.75, 3.05) is 18.8 Å². The van der Waals surface area contributed by atoms with E-state index in [2.05, 4.69) is 10.5 Å².